The highest BCUT2D eigenvalue weighted by Crippen LogP contribution is 2.20. The largest absolute Gasteiger partial charge is 0.672 e. The molecule has 1 aromatic carbocycles. The molecule has 8 nitrogen and oxygen atoms in total. The van der Waals surface area contributed by atoms with Crippen LogP contribution in [0, 0.1) is 0 Å². The van der Waals surface area contributed by atoms with E-state index in [9.17, 15) is 9.59 Å². The minimum absolute atomic E-state index is 0.113. The second-order valence-corrected chi connectivity index (χ2v) is 5.63. The normalized spacial score (nSPS) is 13.6. The van der Waals surface area contributed by atoms with E-state index in [1.54, 1.807) is 24.3 Å². The lowest BCUT2D eigenvalue weighted by Gasteiger charge is -2.10. The molecule has 3 rings (SSSR count). The molecule has 3 N–H and O–H groups in total. The van der Waals surface area contributed by atoms with Gasteiger partial charge in [-0.05, 0) is 44.0 Å². The molecule has 2 amide bonds. The van der Waals surface area contributed by atoms with Crippen LogP contribution < -0.4 is 10.6 Å². The molecular weight excluding hydrogens is 308 g/mol. The van der Waals surface area contributed by atoms with Crippen LogP contribution in [0.4, 0.5) is 0 Å². The predicted molar refractivity (Wildman–Crippen MR) is 87.9 cm³/mol. The molecule has 0 saturated heterocycles. The Hall–Kier alpha value is -2.74. The SMILES string of the molecule is CCNC(=O)c1ccc(-n2nnc(C(=O)NC3CC3)c2C[NH-])cc1. The minimum Gasteiger partial charge on any atom is -0.672 e. The summed E-state index contributed by atoms with van der Waals surface area (Å²) in [4.78, 5) is 24.0. The van der Waals surface area contributed by atoms with Crippen LogP contribution in [0.5, 0.6) is 0 Å². The molecule has 1 heterocycles. The fourth-order valence-electron chi connectivity index (χ4n) is 2.34. The standard InChI is InChI=1S/C16H19N6O2/c1-2-18-15(23)10-3-7-12(8-4-10)22-13(9-17)14(20-21-22)16(24)19-11-5-6-11/h3-4,7-8,11,17H,2,5-6,9H2,1H3,(H,18,23)(H,19,24)/q-1. The van der Waals surface area contributed by atoms with Crippen molar-refractivity contribution in [2.24, 2.45) is 0 Å². The molecule has 1 aromatic heterocycles. The molecule has 24 heavy (non-hydrogen) atoms. The summed E-state index contributed by atoms with van der Waals surface area (Å²) in [7, 11) is 0. The molecule has 1 aliphatic rings. The highest BCUT2D eigenvalue weighted by atomic mass is 16.2. The molecular formula is C16H19N6O2-. The highest BCUT2D eigenvalue weighted by Gasteiger charge is 2.26. The van der Waals surface area contributed by atoms with Crippen molar-refractivity contribution in [3.63, 3.8) is 0 Å². The van der Waals surface area contributed by atoms with Gasteiger partial charge in [0.15, 0.2) is 5.69 Å². The number of hydrogen-bond donors (Lipinski definition) is 2. The van der Waals surface area contributed by atoms with E-state index in [0.29, 0.717) is 23.5 Å². The molecule has 0 aliphatic heterocycles. The highest BCUT2D eigenvalue weighted by molar-refractivity contribution is 5.94. The van der Waals surface area contributed by atoms with Crippen molar-refractivity contribution in [3.05, 3.63) is 47.0 Å². The van der Waals surface area contributed by atoms with E-state index >= 15 is 0 Å². The first-order chi connectivity index (χ1) is 11.6. The molecule has 1 fully saturated rings. The number of nitrogens with zero attached hydrogens (tertiary/aromatic N) is 3. The van der Waals surface area contributed by atoms with Gasteiger partial charge in [-0.2, -0.15) is 0 Å². The van der Waals surface area contributed by atoms with Crippen LogP contribution in [-0.4, -0.2) is 39.4 Å². The van der Waals surface area contributed by atoms with Gasteiger partial charge in [-0.1, -0.05) is 5.21 Å². The summed E-state index contributed by atoms with van der Waals surface area (Å²) in [6.07, 6.45) is 1.97. The predicted octanol–water partition coefficient (Wildman–Crippen LogP) is 1.46. The number of aromatic nitrogens is 3. The van der Waals surface area contributed by atoms with Gasteiger partial charge in [0.25, 0.3) is 11.8 Å². The van der Waals surface area contributed by atoms with E-state index in [2.05, 4.69) is 20.9 Å². The first kappa shape index (κ1) is 16.1. The van der Waals surface area contributed by atoms with Gasteiger partial charge in [0.1, 0.15) is 0 Å². The molecule has 0 spiro atoms. The maximum atomic E-state index is 12.2. The average Bonchev–Trinajstić information content (AvgIpc) is 3.29. The Balaban J connectivity index is 1.84. The molecule has 0 atom stereocenters. The summed E-state index contributed by atoms with van der Waals surface area (Å²) < 4.78 is 1.47. The van der Waals surface area contributed by atoms with Gasteiger partial charge < -0.3 is 16.4 Å². The van der Waals surface area contributed by atoms with E-state index in [0.717, 1.165) is 12.8 Å². The van der Waals surface area contributed by atoms with Crippen LogP contribution in [0.3, 0.4) is 0 Å². The Labute approximate surface area is 139 Å². The second-order valence-electron chi connectivity index (χ2n) is 5.63. The van der Waals surface area contributed by atoms with E-state index in [1.165, 1.54) is 4.68 Å². The molecule has 0 bridgehead atoms. The Bertz CT molecular complexity index is 748. The smallest absolute Gasteiger partial charge is 0.273 e. The van der Waals surface area contributed by atoms with Crippen molar-refractivity contribution in [1.82, 2.24) is 25.6 Å². The van der Waals surface area contributed by atoms with Gasteiger partial charge in [0.2, 0.25) is 0 Å². The van der Waals surface area contributed by atoms with Crippen LogP contribution >= 0.6 is 0 Å². The maximum Gasteiger partial charge on any atom is 0.273 e. The second kappa shape index (κ2) is 6.79. The molecule has 1 saturated carbocycles. The summed E-state index contributed by atoms with van der Waals surface area (Å²) in [5.74, 6) is -0.433. The number of rotatable bonds is 6. The molecule has 126 valence electrons. The van der Waals surface area contributed by atoms with Gasteiger partial charge in [0, 0.05) is 18.2 Å². The fraction of sp³-hybridized carbons (Fsp3) is 0.375. The van der Waals surface area contributed by atoms with Crippen LogP contribution in [0.25, 0.3) is 11.4 Å². The van der Waals surface area contributed by atoms with Gasteiger partial charge in [-0.25, -0.2) is 4.68 Å². The minimum atomic E-state index is -0.287. The number of benzene rings is 1. The van der Waals surface area contributed by atoms with Crippen LogP contribution in [0.1, 0.15) is 46.3 Å². The number of nitrogens with one attached hydrogen (secondary N) is 3. The van der Waals surface area contributed by atoms with Crippen LogP contribution in [-0.2, 0) is 6.54 Å². The van der Waals surface area contributed by atoms with Crippen LogP contribution in [0.2, 0.25) is 0 Å². The lowest BCUT2D eigenvalue weighted by Crippen LogP contribution is -2.26. The van der Waals surface area contributed by atoms with E-state index in [4.69, 9.17) is 5.73 Å². The molecule has 8 heteroatoms. The Morgan fingerprint density at radius 2 is 1.96 bits per heavy atom. The van der Waals surface area contributed by atoms with E-state index in [1.807, 2.05) is 6.92 Å². The topological polar surface area (TPSA) is 113 Å². The summed E-state index contributed by atoms with van der Waals surface area (Å²) in [6.45, 7) is 2.31. The summed E-state index contributed by atoms with van der Waals surface area (Å²) >= 11 is 0. The Kier molecular flexibility index (Phi) is 4.57. The Morgan fingerprint density at radius 3 is 2.54 bits per heavy atom. The van der Waals surface area contributed by atoms with Gasteiger partial charge in [0.05, 0.1) is 11.4 Å². The van der Waals surface area contributed by atoms with E-state index in [-0.39, 0.29) is 30.1 Å². The maximum absolute atomic E-state index is 12.2. The number of hydrogen-bond acceptors (Lipinski definition) is 4. The third-order valence-corrected chi connectivity index (χ3v) is 3.77. The lowest BCUT2D eigenvalue weighted by atomic mass is 10.2. The summed E-state index contributed by atoms with van der Waals surface area (Å²) in [5, 5.41) is 13.5. The fourth-order valence-corrected chi connectivity index (χ4v) is 2.34. The summed E-state index contributed by atoms with van der Waals surface area (Å²) in [5.41, 5.74) is 9.51. The number of carbonyl (C=O) groups is 2. The van der Waals surface area contributed by atoms with Crippen molar-refractivity contribution >= 4 is 11.8 Å². The van der Waals surface area contributed by atoms with Gasteiger partial charge >= 0.3 is 0 Å². The number of amides is 2. The van der Waals surface area contributed by atoms with Gasteiger partial charge in [-0.3, -0.25) is 9.59 Å². The van der Waals surface area contributed by atoms with Crippen molar-refractivity contribution in [2.45, 2.75) is 32.4 Å². The quantitative estimate of drug-likeness (QED) is 0.836. The first-order valence-corrected chi connectivity index (χ1v) is 7.92. The average molecular weight is 327 g/mol. The lowest BCUT2D eigenvalue weighted by molar-refractivity contribution is 0.0940. The van der Waals surface area contributed by atoms with Gasteiger partial charge in [-0.15, -0.1) is 11.6 Å². The van der Waals surface area contributed by atoms with Crippen LogP contribution in [0.15, 0.2) is 24.3 Å². The molecule has 1 aliphatic carbocycles. The molecule has 0 radical (unpaired) electrons. The third kappa shape index (κ3) is 3.28. The zero-order chi connectivity index (χ0) is 17.1. The number of carbonyl (C=O) groups excluding carboxylic acids is 2. The third-order valence-electron chi connectivity index (χ3n) is 3.77. The monoisotopic (exact) mass is 327 g/mol. The molecule has 2 aromatic rings. The van der Waals surface area contributed by atoms with Crippen molar-refractivity contribution in [3.8, 4) is 5.69 Å². The van der Waals surface area contributed by atoms with Crippen molar-refractivity contribution in [2.75, 3.05) is 6.54 Å². The van der Waals surface area contributed by atoms with Crippen molar-refractivity contribution in [1.29, 1.82) is 0 Å². The Morgan fingerprint density at radius 1 is 1.25 bits per heavy atom. The summed E-state index contributed by atoms with van der Waals surface area (Å²) in [6, 6.07) is 7.03. The molecule has 0 unspecified atom stereocenters. The van der Waals surface area contributed by atoms with Crippen molar-refractivity contribution < 1.29 is 9.59 Å². The zero-order valence-electron chi connectivity index (χ0n) is 13.4. The first-order valence-electron chi connectivity index (χ1n) is 7.92. The van der Waals surface area contributed by atoms with E-state index < -0.39 is 0 Å². The zero-order valence-corrected chi connectivity index (χ0v) is 13.4.